The number of hydrogen-bond donors (Lipinski definition) is 0. The summed E-state index contributed by atoms with van der Waals surface area (Å²) in [6, 6.07) is 1.18. The Hall–Kier alpha value is -1.29. The summed E-state index contributed by atoms with van der Waals surface area (Å²) in [5.74, 6) is -2.37. The molecule has 0 fully saturated rings. The van der Waals surface area contributed by atoms with Crippen molar-refractivity contribution in [1.82, 2.24) is 9.80 Å². The van der Waals surface area contributed by atoms with Gasteiger partial charge in [0.1, 0.15) is 0 Å². The Bertz CT molecular complexity index is 283. The second-order valence-electron chi connectivity index (χ2n) is 3.71. The summed E-state index contributed by atoms with van der Waals surface area (Å²) >= 11 is 0. The number of halogens is 3. The summed E-state index contributed by atoms with van der Waals surface area (Å²) in [6.07, 6.45) is -4.55. The van der Waals surface area contributed by atoms with Crippen LogP contribution in [-0.2, 0) is 4.79 Å². The summed E-state index contributed by atoms with van der Waals surface area (Å²) in [5, 5.41) is 8.36. The molecule has 0 saturated carbocycles. The molecule has 1 amide bonds. The second kappa shape index (κ2) is 5.70. The normalized spacial score (nSPS) is 13.4. The van der Waals surface area contributed by atoms with Crippen LogP contribution < -0.4 is 0 Å². The molecule has 0 aliphatic heterocycles. The van der Waals surface area contributed by atoms with Gasteiger partial charge in [-0.15, -0.1) is 0 Å². The minimum absolute atomic E-state index is 0.138. The quantitative estimate of drug-likeness (QED) is 0.723. The molecule has 16 heavy (non-hydrogen) atoms. The fourth-order valence-electron chi connectivity index (χ4n) is 0.966. The van der Waals surface area contributed by atoms with Gasteiger partial charge < -0.3 is 4.90 Å². The molecule has 0 bridgehead atoms. The van der Waals surface area contributed by atoms with Gasteiger partial charge in [0.05, 0.1) is 12.6 Å². The molecule has 0 aromatic carbocycles. The lowest BCUT2D eigenvalue weighted by atomic mass is 10.1. The predicted molar refractivity (Wildman–Crippen MR) is 51.3 cm³/mol. The average Bonchev–Trinajstić information content (AvgIpc) is 2.11. The third kappa shape index (κ3) is 4.98. The topological polar surface area (TPSA) is 47.3 Å². The molecule has 0 aromatic rings. The minimum Gasteiger partial charge on any atom is -0.348 e. The van der Waals surface area contributed by atoms with Gasteiger partial charge in [0, 0.05) is 20.6 Å². The third-order valence-electron chi connectivity index (χ3n) is 1.95. The van der Waals surface area contributed by atoms with Crippen LogP contribution >= 0.6 is 0 Å². The van der Waals surface area contributed by atoms with Crippen LogP contribution in [0.25, 0.3) is 0 Å². The fourth-order valence-corrected chi connectivity index (χ4v) is 0.966. The molecular weight excluding hydrogens is 223 g/mol. The number of nitriles is 1. The number of nitrogens with zero attached hydrogens (tertiary/aromatic N) is 3. The van der Waals surface area contributed by atoms with Crippen molar-refractivity contribution in [3.8, 4) is 6.07 Å². The summed E-state index contributed by atoms with van der Waals surface area (Å²) < 4.78 is 36.7. The first-order chi connectivity index (χ1) is 7.18. The molecule has 0 aliphatic carbocycles. The smallest absolute Gasteiger partial charge is 0.348 e. The van der Waals surface area contributed by atoms with Gasteiger partial charge in [-0.25, -0.2) is 0 Å². The van der Waals surface area contributed by atoms with Gasteiger partial charge in [-0.1, -0.05) is 0 Å². The van der Waals surface area contributed by atoms with Crippen molar-refractivity contribution in [2.75, 3.05) is 34.2 Å². The standard InChI is InChI=1S/C9H14F3N3O/c1-14(2)8(16)6-15(3)5-7(4-13)9(10,11)12/h7H,5-6H2,1-3H3. The molecule has 1 unspecified atom stereocenters. The highest BCUT2D eigenvalue weighted by molar-refractivity contribution is 5.77. The van der Waals surface area contributed by atoms with Crippen molar-refractivity contribution in [3.63, 3.8) is 0 Å². The number of rotatable bonds is 4. The zero-order valence-electron chi connectivity index (χ0n) is 9.38. The molecule has 0 radical (unpaired) electrons. The number of hydrogen-bond acceptors (Lipinski definition) is 3. The first kappa shape index (κ1) is 14.7. The van der Waals surface area contributed by atoms with Crippen LogP contribution in [0.5, 0.6) is 0 Å². The number of alkyl halides is 3. The van der Waals surface area contributed by atoms with E-state index in [0.717, 1.165) is 0 Å². The molecule has 1 atom stereocenters. The Balaban J connectivity index is 4.29. The Morgan fingerprint density at radius 1 is 1.38 bits per heavy atom. The molecule has 0 aliphatic rings. The maximum Gasteiger partial charge on any atom is 0.405 e. The van der Waals surface area contributed by atoms with E-state index in [1.807, 2.05) is 0 Å². The van der Waals surface area contributed by atoms with E-state index < -0.39 is 18.6 Å². The fraction of sp³-hybridized carbons (Fsp3) is 0.778. The van der Waals surface area contributed by atoms with Crippen molar-refractivity contribution in [1.29, 1.82) is 5.26 Å². The minimum atomic E-state index is -4.55. The molecule has 0 spiro atoms. The van der Waals surface area contributed by atoms with Crippen LogP contribution in [0.2, 0.25) is 0 Å². The molecule has 7 heteroatoms. The molecule has 0 rings (SSSR count). The van der Waals surface area contributed by atoms with Gasteiger partial charge in [-0.3, -0.25) is 9.69 Å². The van der Waals surface area contributed by atoms with Crippen LogP contribution in [0.4, 0.5) is 13.2 Å². The lowest BCUT2D eigenvalue weighted by molar-refractivity contribution is -0.163. The van der Waals surface area contributed by atoms with E-state index in [2.05, 4.69) is 0 Å². The van der Waals surface area contributed by atoms with E-state index in [9.17, 15) is 18.0 Å². The summed E-state index contributed by atoms with van der Waals surface area (Å²) in [5.41, 5.74) is 0. The highest BCUT2D eigenvalue weighted by Gasteiger charge is 2.40. The van der Waals surface area contributed by atoms with Crippen molar-refractivity contribution in [2.24, 2.45) is 5.92 Å². The highest BCUT2D eigenvalue weighted by atomic mass is 19.4. The van der Waals surface area contributed by atoms with E-state index >= 15 is 0 Å². The largest absolute Gasteiger partial charge is 0.405 e. The maximum atomic E-state index is 12.2. The van der Waals surface area contributed by atoms with Crippen LogP contribution in [-0.4, -0.2) is 56.1 Å². The van der Waals surface area contributed by atoms with E-state index in [4.69, 9.17) is 5.26 Å². The zero-order valence-corrected chi connectivity index (χ0v) is 9.38. The lowest BCUT2D eigenvalue weighted by Gasteiger charge is -2.22. The highest BCUT2D eigenvalue weighted by Crippen LogP contribution is 2.25. The van der Waals surface area contributed by atoms with Crippen molar-refractivity contribution >= 4 is 5.91 Å². The Morgan fingerprint density at radius 3 is 2.19 bits per heavy atom. The van der Waals surface area contributed by atoms with Gasteiger partial charge in [0.25, 0.3) is 0 Å². The third-order valence-corrected chi connectivity index (χ3v) is 1.95. The molecule has 0 heterocycles. The van der Waals surface area contributed by atoms with Gasteiger partial charge in [-0.2, -0.15) is 18.4 Å². The number of carbonyl (C=O) groups is 1. The van der Waals surface area contributed by atoms with E-state index in [0.29, 0.717) is 0 Å². The number of amides is 1. The Morgan fingerprint density at radius 2 is 1.88 bits per heavy atom. The molecule has 0 aromatic heterocycles. The Labute approximate surface area is 92.2 Å². The maximum absolute atomic E-state index is 12.2. The van der Waals surface area contributed by atoms with Crippen LogP contribution in [0.1, 0.15) is 0 Å². The van der Waals surface area contributed by atoms with Gasteiger partial charge in [-0.05, 0) is 7.05 Å². The van der Waals surface area contributed by atoms with Crippen LogP contribution in [0, 0.1) is 17.2 Å². The van der Waals surface area contributed by atoms with Crippen molar-refractivity contribution in [2.45, 2.75) is 6.18 Å². The SMILES string of the molecule is CN(CC(=O)N(C)C)CC(C#N)C(F)(F)F. The molecule has 0 saturated heterocycles. The van der Waals surface area contributed by atoms with Crippen molar-refractivity contribution in [3.05, 3.63) is 0 Å². The van der Waals surface area contributed by atoms with Gasteiger partial charge in [0.15, 0.2) is 5.92 Å². The monoisotopic (exact) mass is 237 g/mol. The van der Waals surface area contributed by atoms with Crippen LogP contribution in [0.3, 0.4) is 0 Å². The first-order valence-corrected chi connectivity index (χ1v) is 4.53. The van der Waals surface area contributed by atoms with E-state index in [-0.39, 0.29) is 12.5 Å². The molecular formula is C9H14F3N3O. The summed E-state index contributed by atoms with van der Waals surface area (Å²) in [6.45, 7) is -0.638. The van der Waals surface area contributed by atoms with E-state index in [1.165, 1.54) is 37.0 Å². The van der Waals surface area contributed by atoms with Gasteiger partial charge in [0.2, 0.25) is 5.91 Å². The zero-order chi connectivity index (χ0) is 12.9. The molecule has 92 valence electrons. The average molecular weight is 237 g/mol. The Kier molecular flexibility index (Phi) is 5.24. The summed E-state index contributed by atoms with van der Waals surface area (Å²) in [7, 11) is 4.40. The van der Waals surface area contributed by atoms with E-state index in [1.54, 1.807) is 0 Å². The predicted octanol–water partition coefficient (Wildman–Crippen LogP) is 0.708. The number of likely N-dealkylation sites (N-methyl/N-ethyl adjacent to an activating group) is 2. The lowest BCUT2D eigenvalue weighted by Crippen LogP contribution is -2.39. The molecule has 4 nitrogen and oxygen atoms in total. The number of carbonyl (C=O) groups excluding carboxylic acids is 1. The first-order valence-electron chi connectivity index (χ1n) is 4.53. The van der Waals surface area contributed by atoms with Crippen LogP contribution in [0.15, 0.2) is 0 Å². The summed E-state index contributed by atoms with van der Waals surface area (Å²) in [4.78, 5) is 13.7. The molecule has 0 N–H and O–H groups in total. The van der Waals surface area contributed by atoms with Crippen molar-refractivity contribution < 1.29 is 18.0 Å². The second-order valence-corrected chi connectivity index (χ2v) is 3.71. The van der Waals surface area contributed by atoms with Gasteiger partial charge >= 0.3 is 6.18 Å².